The highest BCUT2D eigenvalue weighted by atomic mass is 79.9. The molecule has 1 N–H and O–H groups in total. The van der Waals surface area contributed by atoms with E-state index in [2.05, 4.69) is 20.9 Å². The Morgan fingerprint density at radius 2 is 2.06 bits per heavy atom. The molecule has 0 saturated carbocycles. The highest BCUT2D eigenvalue weighted by Crippen LogP contribution is 2.27. The molecular weight excluding hydrogens is 294 g/mol. The van der Waals surface area contributed by atoms with E-state index in [4.69, 9.17) is 4.74 Å². The Morgan fingerprint density at radius 1 is 1.28 bits per heavy atom. The van der Waals surface area contributed by atoms with Crippen molar-refractivity contribution < 1.29 is 9.84 Å². The van der Waals surface area contributed by atoms with Crippen LogP contribution in [0.4, 0.5) is 0 Å². The van der Waals surface area contributed by atoms with E-state index in [9.17, 15) is 5.11 Å². The van der Waals surface area contributed by atoms with Crippen LogP contribution in [0.15, 0.2) is 41.0 Å². The summed E-state index contributed by atoms with van der Waals surface area (Å²) in [6, 6.07) is 9.39. The van der Waals surface area contributed by atoms with Crippen molar-refractivity contribution in [2.45, 2.75) is 20.0 Å². The van der Waals surface area contributed by atoms with Gasteiger partial charge in [0.25, 0.3) is 0 Å². The lowest BCUT2D eigenvalue weighted by Crippen LogP contribution is -1.95. The zero-order valence-corrected chi connectivity index (χ0v) is 11.8. The fourth-order valence-electron chi connectivity index (χ4n) is 1.55. The molecule has 1 aromatic heterocycles. The molecule has 0 saturated heterocycles. The molecule has 0 spiro atoms. The first kappa shape index (κ1) is 13.1. The van der Waals surface area contributed by atoms with Crippen LogP contribution in [0.25, 0.3) is 0 Å². The number of aliphatic hydroxyl groups excluding tert-OH is 1. The predicted octanol–water partition coefficient (Wildman–Crippen LogP) is 4.00. The molecule has 2 aromatic rings. The normalized spacial score (nSPS) is 12.2. The fraction of sp³-hybridized carbons (Fsp3) is 0.214. The van der Waals surface area contributed by atoms with Gasteiger partial charge in [0.15, 0.2) is 0 Å². The Balaban J connectivity index is 2.18. The van der Waals surface area contributed by atoms with Crippen molar-refractivity contribution in [3.05, 3.63) is 52.3 Å². The fourth-order valence-corrected chi connectivity index (χ4v) is 2.03. The van der Waals surface area contributed by atoms with Crippen molar-refractivity contribution in [2.24, 2.45) is 0 Å². The van der Waals surface area contributed by atoms with Gasteiger partial charge >= 0.3 is 0 Å². The number of nitrogens with zero attached hydrogens (tertiary/aromatic N) is 1. The van der Waals surface area contributed by atoms with Crippen LogP contribution >= 0.6 is 15.9 Å². The van der Waals surface area contributed by atoms with Gasteiger partial charge in [0.05, 0.1) is 18.0 Å². The molecule has 0 radical (unpaired) electrons. The lowest BCUT2D eigenvalue weighted by atomic mass is 10.2. The summed E-state index contributed by atoms with van der Waals surface area (Å²) in [7, 11) is 0. The molecule has 94 valence electrons. The number of rotatable bonds is 3. The highest BCUT2D eigenvalue weighted by Gasteiger charge is 2.05. The van der Waals surface area contributed by atoms with E-state index < -0.39 is 6.10 Å². The number of hydrogen-bond donors (Lipinski definition) is 1. The van der Waals surface area contributed by atoms with Crippen LogP contribution in [0.3, 0.4) is 0 Å². The second-order valence-electron chi connectivity index (χ2n) is 4.11. The third-order valence-electron chi connectivity index (χ3n) is 2.55. The van der Waals surface area contributed by atoms with Crippen LogP contribution in [0, 0.1) is 6.92 Å². The first-order valence-electron chi connectivity index (χ1n) is 5.64. The minimum Gasteiger partial charge on any atom is -0.455 e. The summed E-state index contributed by atoms with van der Waals surface area (Å²) < 4.78 is 6.76. The van der Waals surface area contributed by atoms with Gasteiger partial charge in [0.1, 0.15) is 11.5 Å². The van der Waals surface area contributed by atoms with E-state index in [1.165, 1.54) is 0 Å². The number of hydrogen-bond acceptors (Lipinski definition) is 3. The van der Waals surface area contributed by atoms with Gasteiger partial charge in [-0.3, -0.25) is 4.98 Å². The molecule has 0 amide bonds. The molecule has 18 heavy (non-hydrogen) atoms. The monoisotopic (exact) mass is 307 g/mol. The summed E-state index contributed by atoms with van der Waals surface area (Å²) in [6.45, 7) is 3.67. The summed E-state index contributed by atoms with van der Waals surface area (Å²) >= 11 is 3.41. The third kappa shape index (κ3) is 3.09. The Bertz CT molecular complexity index is 538. The van der Waals surface area contributed by atoms with Gasteiger partial charge in [-0.1, -0.05) is 15.9 Å². The molecular formula is C14H14BrNO2. The van der Waals surface area contributed by atoms with Crippen molar-refractivity contribution in [3.8, 4) is 11.5 Å². The molecule has 4 heteroatoms. The minimum absolute atomic E-state index is 0.562. The number of aliphatic hydroxyl groups is 1. The van der Waals surface area contributed by atoms with Crippen molar-refractivity contribution >= 4 is 15.9 Å². The quantitative estimate of drug-likeness (QED) is 0.932. The van der Waals surface area contributed by atoms with Crippen LogP contribution in [0.5, 0.6) is 11.5 Å². The van der Waals surface area contributed by atoms with E-state index in [-0.39, 0.29) is 0 Å². The van der Waals surface area contributed by atoms with Gasteiger partial charge in [0, 0.05) is 4.47 Å². The molecule has 0 fully saturated rings. The second kappa shape index (κ2) is 5.50. The zero-order chi connectivity index (χ0) is 13.1. The molecule has 1 atom stereocenters. The Morgan fingerprint density at radius 3 is 2.61 bits per heavy atom. The maximum atomic E-state index is 9.37. The van der Waals surface area contributed by atoms with Gasteiger partial charge in [-0.15, -0.1) is 0 Å². The number of aromatic nitrogens is 1. The molecule has 1 aromatic carbocycles. The Kier molecular flexibility index (Phi) is 3.99. The standard InChI is InChI=1S/C14H14BrNO2/c1-9-7-11(15)3-6-14(9)18-12-4-5-13(10(2)17)16-8-12/h3-8,10,17H,1-2H3/t10-/m1/s1. The van der Waals surface area contributed by atoms with E-state index in [0.717, 1.165) is 15.8 Å². The van der Waals surface area contributed by atoms with Crippen molar-refractivity contribution in [1.82, 2.24) is 4.98 Å². The maximum Gasteiger partial charge on any atom is 0.145 e. The van der Waals surface area contributed by atoms with Crippen molar-refractivity contribution in [3.63, 3.8) is 0 Å². The summed E-state index contributed by atoms with van der Waals surface area (Å²) in [5.74, 6) is 1.45. The van der Waals surface area contributed by atoms with E-state index in [0.29, 0.717) is 11.4 Å². The average Bonchev–Trinajstić information content (AvgIpc) is 2.33. The van der Waals surface area contributed by atoms with Crippen molar-refractivity contribution in [1.29, 1.82) is 0 Å². The number of halogens is 1. The van der Waals surface area contributed by atoms with E-state index >= 15 is 0 Å². The largest absolute Gasteiger partial charge is 0.455 e. The maximum absolute atomic E-state index is 9.37. The van der Waals surface area contributed by atoms with Gasteiger partial charge in [0.2, 0.25) is 0 Å². The summed E-state index contributed by atoms with van der Waals surface area (Å²) in [5, 5.41) is 9.37. The first-order valence-corrected chi connectivity index (χ1v) is 6.43. The molecule has 3 nitrogen and oxygen atoms in total. The van der Waals surface area contributed by atoms with Crippen LogP contribution in [-0.2, 0) is 0 Å². The first-order chi connectivity index (χ1) is 8.56. The SMILES string of the molecule is Cc1cc(Br)ccc1Oc1ccc([C@@H](C)O)nc1. The van der Waals surface area contributed by atoms with Gasteiger partial charge in [-0.05, 0) is 49.7 Å². The smallest absolute Gasteiger partial charge is 0.145 e. The molecule has 2 rings (SSSR count). The number of pyridine rings is 1. The lowest BCUT2D eigenvalue weighted by molar-refractivity contribution is 0.194. The van der Waals surface area contributed by atoms with Crippen LogP contribution in [0.1, 0.15) is 24.3 Å². The average molecular weight is 308 g/mol. The lowest BCUT2D eigenvalue weighted by Gasteiger charge is -2.09. The third-order valence-corrected chi connectivity index (χ3v) is 3.05. The highest BCUT2D eigenvalue weighted by molar-refractivity contribution is 9.10. The summed E-state index contributed by atoms with van der Waals surface area (Å²) in [5.41, 5.74) is 1.68. The van der Waals surface area contributed by atoms with Crippen LogP contribution < -0.4 is 4.74 Å². The van der Waals surface area contributed by atoms with E-state index in [1.54, 1.807) is 25.3 Å². The molecule has 0 unspecified atom stereocenters. The molecule has 0 aliphatic heterocycles. The van der Waals surface area contributed by atoms with Gasteiger partial charge in [-0.2, -0.15) is 0 Å². The van der Waals surface area contributed by atoms with Crippen LogP contribution in [0.2, 0.25) is 0 Å². The van der Waals surface area contributed by atoms with Gasteiger partial charge < -0.3 is 9.84 Å². The zero-order valence-electron chi connectivity index (χ0n) is 10.2. The molecule has 1 heterocycles. The van der Waals surface area contributed by atoms with E-state index in [1.807, 2.05) is 25.1 Å². The molecule has 0 aliphatic carbocycles. The molecule has 0 aliphatic rings. The van der Waals surface area contributed by atoms with Crippen molar-refractivity contribution in [2.75, 3.05) is 0 Å². The van der Waals surface area contributed by atoms with Gasteiger partial charge in [-0.25, -0.2) is 0 Å². The number of benzene rings is 1. The second-order valence-corrected chi connectivity index (χ2v) is 5.02. The summed E-state index contributed by atoms with van der Waals surface area (Å²) in [4.78, 5) is 4.14. The predicted molar refractivity (Wildman–Crippen MR) is 73.8 cm³/mol. The molecule has 0 bridgehead atoms. The number of aryl methyl sites for hydroxylation is 1. The van der Waals surface area contributed by atoms with Crippen LogP contribution in [-0.4, -0.2) is 10.1 Å². The minimum atomic E-state index is -0.562. The topological polar surface area (TPSA) is 42.4 Å². The Labute approximate surface area is 115 Å². The summed E-state index contributed by atoms with van der Waals surface area (Å²) in [6.07, 6.45) is 1.05. The number of ether oxygens (including phenoxy) is 1. The Hall–Kier alpha value is -1.39.